The van der Waals surface area contributed by atoms with Crippen LogP contribution >= 0.6 is 0 Å². The fraction of sp³-hybridized carbons (Fsp3) is 0.182. The number of aromatic nitrogens is 1. The Balaban J connectivity index is 2.88. The van der Waals surface area contributed by atoms with E-state index in [-0.39, 0.29) is 11.2 Å². The Hall–Kier alpha value is -2.27. The molecule has 2 aromatic rings. The van der Waals surface area contributed by atoms with E-state index in [1.54, 1.807) is 25.1 Å². The normalized spacial score (nSPS) is 11.3. The smallest absolute Gasteiger partial charge is 0.243 e. The van der Waals surface area contributed by atoms with Crippen molar-refractivity contribution in [3.8, 4) is 0 Å². The molecule has 0 aliphatic carbocycles. The molecule has 4 nitrogen and oxygen atoms in total. The summed E-state index contributed by atoms with van der Waals surface area (Å²) >= 11 is 0. The second kappa shape index (κ2) is 4.19. The standard InChI is InChI=1S/C11H7F3N4/c1-6-3-2-4-7-8(17-18-15)5-9(11(12,13)14)16-10(6)7/h2-5H,1H3. The summed E-state index contributed by atoms with van der Waals surface area (Å²) in [5, 5.41) is 3.69. The minimum absolute atomic E-state index is 0.0708. The van der Waals surface area contributed by atoms with Crippen molar-refractivity contribution in [1.29, 1.82) is 0 Å². The molecule has 0 bridgehead atoms. The van der Waals surface area contributed by atoms with Crippen LogP contribution in [0.4, 0.5) is 18.9 Å². The maximum absolute atomic E-state index is 12.7. The van der Waals surface area contributed by atoms with Gasteiger partial charge in [-0.05, 0) is 24.1 Å². The fourth-order valence-corrected chi connectivity index (χ4v) is 1.65. The predicted molar refractivity (Wildman–Crippen MR) is 60.3 cm³/mol. The highest BCUT2D eigenvalue weighted by Crippen LogP contribution is 2.35. The predicted octanol–water partition coefficient (Wildman–Crippen LogP) is 4.50. The Labute approximate surface area is 99.7 Å². The second-order valence-electron chi connectivity index (χ2n) is 3.68. The molecule has 0 spiro atoms. The third kappa shape index (κ3) is 2.08. The highest BCUT2D eigenvalue weighted by molar-refractivity contribution is 5.91. The van der Waals surface area contributed by atoms with Crippen molar-refractivity contribution in [2.45, 2.75) is 13.1 Å². The third-order valence-electron chi connectivity index (χ3n) is 2.46. The summed E-state index contributed by atoms with van der Waals surface area (Å²) in [5.41, 5.74) is 8.05. The number of hydrogen-bond donors (Lipinski definition) is 0. The molecule has 2 rings (SSSR count). The number of aryl methyl sites for hydroxylation is 1. The summed E-state index contributed by atoms with van der Waals surface area (Å²) in [6, 6.07) is 5.64. The summed E-state index contributed by atoms with van der Waals surface area (Å²) in [5.74, 6) is 0. The van der Waals surface area contributed by atoms with Gasteiger partial charge in [0.25, 0.3) is 0 Å². The van der Waals surface area contributed by atoms with Crippen LogP contribution in [0.1, 0.15) is 11.3 Å². The summed E-state index contributed by atoms with van der Waals surface area (Å²) in [6.07, 6.45) is -4.57. The van der Waals surface area contributed by atoms with Crippen molar-refractivity contribution in [1.82, 2.24) is 4.98 Å². The Bertz CT molecular complexity index is 657. The molecule has 1 aromatic heterocycles. The van der Waals surface area contributed by atoms with Crippen LogP contribution in [0.3, 0.4) is 0 Å². The van der Waals surface area contributed by atoms with Gasteiger partial charge in [0.2, 0.25) is 0 Å². The lowest BCUT2D eigenvalue weighted by atomic mass is 10.1. The second-order valence-corrected chi connectivity index (χ2v) is 3.68. The molecule has 92 valence electrons. The van der Waals surface area contributed by atoms with E-state index in [0.29, 0.717) is 10.9 Å². The molecule has 0 saturated carbocycles. The van der Waals surface area contributed by atoms with Gasteiger partial charge in [-0.25, -0.2) is 4.98 Å². The lowest BCUT2D eigenvalue weighted by molar-refractivity contribution is -0.140. The molecule has 0 aliphatic rings. The first-order valence-electron chi connectivity index (χ1n) is 4.96. The fourth-order valence-electron chi connectivity index (χ4n) is 1.65. The van der Waals surface area contributed by atoms with E-state index in [1.807, 2.05) is 0 Å². The first-order chi connectivity index (χ1) is 8.43. The zero-order chi connectivity index (χ0) is 13.3. The Morgan fingerprint density at radius 2 is 2.06 bits per heavy atom. The van der Waals surface area contributed by atoms with Gasteiger partial charge in [0.1, 0.15) is 5.69 Å². The Kier molecular flexibility index (Phi) is 2.84. The maximum atomic E-state index is 12.7. The van der Waals surface area contributed by atoms with Crippen LogP contribution in [0, 0.1) is 6.92 Å². The third-order valence-corrected chi connectivity index (χ3v) is 2.46. The highest BCUT2D eigenvalue weighted by atomic mass is 19.4. The van der Waals surface area contributed by atoms with E-state index in [2.05, 4.69) is 15.0 Å². The SMILES string of the molecule is Cc1cccc2c(N=[N+]=[N-])cc(C(F)(F)F)nc12. The molecule has 0 fully saturated rings. The molecular weight excluding hydrogens is 245 g/mol. The van der Waals surface area contributed by atoms with Gasteiger partial charge >= 0.3 is 6.18 Å². The van der Waals surface area contributed by atoms with E-state index in [0.717, 1.165) is 6.07 Å². The molecule has 18 heavy (non-hydrogen) atoms. The average molecular weight is 252 g/mol. The van der Waals surface area contributed by atoms with Gasteiger partial charge in [0.05, 0.1) is 5.52 Å². The summed E-state index contributed by atoms with van der Waals surface area (Å²) < 4.78 is 38.0. The molecule has 0 saturated heterocycles. The molecule has 1 heterocycles. The van der Waals surface area contributed by atoms with Crippen LogP contribution in [0.5, 0.6) is 0 Å². The number of halogens is 3. The average Bonchev–Trinajstić information content (AvgIpc) is 2.29. The minimum Gasteiger partial charge on any atom is -0.243 e. The van der Waals surface area contributed by atoms with Gasteiger partial charge in [-0.1, -0.05) is 23.3 Å². The Morgan fingerprint density at radius 3 is 2.67 bits per heavy atom. The zero-order valence-corrected chi connectivity index (χ0v) is 9.23. The van der Waals surface area contributed by atoms with Crippen molar-refractivity contribution in [3.05, 3.63) is 46.0 Å². The summed E-state index contributed by atoms with van der Waals surface area (Å²) in [4.78, 5) is 6.12. The van der Waals surface area contributed by atoms with Gasteiger partial charge in [0.15, 0.2) is 0 Å². The first kappa shape index (κ1) is 12.2. The van der Waals surface area contributed by atoms with Crippen molar-refractivity contribution in [3.63, 3.8) is 0 Å². The summed E-state index contributed by atoms with van der Waals surface area (Å²) in [6.45, 7) is 1.65. The van der Waals surface area contributed by atoms with Crippen LogP contribution < -0.4 is 0 Å². The topological polar surface area (TPSA) is 61.7 Å². The lowest BCUT2D eigenvalue weighted by Crippen LogP contribution is -2.08. The number of azide groups is 1. The maximum Gasteiger partial charge on any atom is 0.433 e. The number of pyridine rings is 1. The van der Waals surface area contributed by atoms with E-state index in [4.69, 9.17) is 5.53 Å². The molecule has 0 radical (unpaired) electrons. The number of hydrogen-bond acceptors (Lipinski definition) is 2. The van der Waals surface area contributed by atoms with E-state index in [9.17, 15) is 13.2 Å². The number of alkyl halides is 3. The van der Waals surface area contributed by atoms with Crippen molar-refractivity contribution < 1.29 is 13.2 Å². The van der Waals surface area contributed by atoms with Crippen molar-refractivity contribution in [2.75, 3.05) is 0 Å². The van der Waals surface area contributed by atoms with E-state index >= 15 is 0 Å². The van der Waals surface area contributed by atoms with Crippen molar-refractivity contribution >= 4 is 16.6 Å². The number of rotatable bonds is 1. The van der Waals surface area contributed by atoms with Crippen LogP contribution in [0.2, 0.25) is 0 Å². The van der Waals surface area contributed by atoms with Gasteiger partial charge in [0, 0.05) is 16.0 Å². The van der Waals surface area contributed by atoms with Crippen molar-refractivity contribution in [2.24, 2.45) is 5.11 Å². The van der Waals surface area contributed by atoms with Crippen LogP contribution in [-0.2, 0) is 6.18 Å². The lowest BCUT2D eigenvalue weighted by Gasteiger charge is -2.10. The molecule has 0 unspecified atom stereocenters. The van der Waals surface area contributed by atoms with Crippen LogP contribution in [-0.4, -0.2) is 4.98 Å². The largest absolute Gasteiger partial charge is 0.433 e. The molecule has 0 N–H and O–H groups in total. The quantitative estimate of drug-likeness (QED) is 0.418. The van der Waals surface area contributed by atoms with Gasteiger partial charge in [-0.3, -0.25) is 0 Å². The van der Waals surface area contributed by atoms with E-state index in [1.165, 1.54) is 0 Å². The Morgan fingerprint density at radius 1 is 1.33 bits per heavy atom. The van der Waals surface area contributed by atoms with Gasteiger partial charge < -0.3 is 0 Å². The molecule has 1 aromatic carbocycles. The monoisotopic (exact) mass is 252 g/mol. The number of benzene rings is 1. The molecule has 0 aliphatic heterocycles. The highest BCUT2D eigenvalue weighted by Gasteiger charge is 2.33. The molecular formula is C11H7F3N4. The van der Waals surface area contributed by atoms with Crippen LogP contribution in [0.25, 0.3) is 21.3 Å². The number of para-hydroxylation sites is 1. The first-order valence-corrected chi connectivity index (χ1v) is 4.96. The van der Waals surface area contributed by atoms with Gasteiger partial charge in [-0.15, -0.1) is 0 Å². The molecule has 7 heteroatoms. The number of fused-ring (bicyclic) bond motifs is 1. The van der Waals surface area contributed by atoms with Crippen LogP contribution in [0.15, 0.2) is 29.4 Å². The molecule has 0 amide bonds. The zero-order valence-electron chi connectivity index (χ0n) is 9.23. The summed E-state index contributed by atoms with van der Waals surface area (Å²) in [7, 11) is 0. The van der Waals surface area contributed by atoms with E-state index < -0.39 is 11.9 Å². The minimum atomic E-state index is -4.57. The van der Waals surface area contributed by atoms with Gasteiger partial charge in [-0.2, -0.15) is 13.2 Å². The number of nitrogens with zero attached hydrogens (tertiary/aromatic N) is 4. The molecule has 0 atom stereocenters.